The number of nitrogens with one attached hydrogen (secondary N) is 1. The molecule has 2 saturated heterocycles. The van der Waals surface area contributed by atoms with Gasteiger partial charge in [-0.15, -0.1) is 0 Å². The second-order valence-corrected chi connectivity index (χ2v) is 8.23. The van der Waals surface area contributed by atoms with E-state index in [0.717, 1.165) is 56.1 Å². The minimum absolute atomic E-state index is 0.123. The Labute approximate surface area is 179 Å². The number of rotatable bonds is 5. The summed E-state index contributed by atoms with van der Waals surface area (Å²) >= 11 is 0. The molecule has 0 spiro atoms. The molecule has 164 valence electrons. The topological polar surface area (TPSA) is 74.2 Å². The maximum atomic E-state index is 12.6. The molecule has 7 heteroatoms. The average Bonchev–Trinajstić information content (AvgIpc) is 3.18. The van der Waals surface area contributed by atoms with Crippen LogP contribution in [0, 0.1) is 11.8 Å². The van der Waals surface area contributed by atoms with Crippen LogP contribution in [-0.4, -0.2) is 67.5 Å². The number of likely N-dealkylation sites (tertiary alicyclic amines) is 2. The monoisotopic (exact) mass is 414 g/mol. The molecule has 1 amide bonds. The molecular formula is C23H34N4O3. The number of carbonyl (C=O) groups excluding carboxylic acids is 2. The van der Waals surface area contributed by atoms with Crippen molar-refractivity contribution in [2.75, 3.05) is 39.8 Å². The van der Waals surface area contributed by atoms with Crippen molar-refractivity contribution in [3.05, 3.63) is 35.4 Å². The zero-order chi connectivity index (χ0) is 21.5. The standard InChI is InChI=1S/C23H34N4O3/c1-4-24-23(27-15-17(2)20(16-27)22(29)30-3)25-14-18-8-10-19(11-9-18)21(28)26-12-6-5-7-13-26/h8-11,17,20H,4-7,12-16H2,1-3H3,(H,24,25). The molecule has 2 aliphatic heterocycles. The number of piperidine rings is 1. The summed E-state index contributed by atoms with van der Waals surface area (Å²) in [5.41, 5.74) is 1.79. The van der Waals surface area contributed by atoms with E-state index in [1.807, 2.05) is 36.1 Å². The normalized spacial score (nSPS) is 22.2. The Kier molecular flexibility index (Phi) is 7.71. The number of amides is 1. The van der Waals surface area contributed by atoms with Gasteiger partial charge in [0.15, 0.2) is 5.96 Å². The number of methoxy groups -OCH3 is 1. The highest BCUT2D eigenvalue weighted by atomic mass is 16.5. The first-order valence-corrected chi connectivity index (χ1v) is 11.0. The lowest BCUT2D eigenvalue weighted by molar-refractivity contribution is -0.145. The fourth-order valence-corrected chi connectivity index (χ4v) is 4.22. The quantitative estimate of drug-likeness (QED) is 0.455. The highest BCUT2D eigenvalue weighted by Gasteiger charge is 2.36. The van der Waals surface area contributed by atoms with Crippen molar-refractivity contribution < 1.29 is 14.3 Å². The molecular weight excluding hydrogens is 380 g/mol. The number of esters is 1. The van der Waals surface area contributed by atoms with Gasteiger partial charge in [-0.1, -0.05) is 19.1 Å². The van der Waals surface area contributed by atoms with Crippen molar-refractivity contribution >= 4 is 17.8 Å². The number of nitrogens with zero attached hydrogens (tertiary/aromatic N) is 3. The zero-order valence-electron chi connectivity index (χ0n) is 18.4. The predicted octanol–water partition coefficient (Wildman–Crippen LogP) is 2.52. The van der Waals surface area contributed by atoms with Gasteiger partial charge in [-0.05, 0) is 49.8 Å². The molecule has 1 aromatic rings. The fraction of sp³-hybridized carbons (Fsp3) is 0.609. The summed E-state index contributed by atoms with van der Waals surface area (Å²) in [6.45, 7) is 8.49. The van der Waals surface area contributed by atoms with Crippen LogP contribution < -0.4 is 5.32 Å². The minimum Gasteiger partial charge on any atom is -0.469 e. The highest BCUT2D eigenvalue weighted by Crippen LogP contribution is 2.24. The van der Waals surface area contributed by atoms with Crippen LogP contribution in [0.3, 0.4) is 0 Å². The van der Waals surface area contributed by atoms with Crippen molar-refractivity contribution in [1.29, 1.82) is 0 Å². The maximum absolute atomic E-state index is 12.6. The lowest BCUT2D eigenvalue weighted by Gasteiger charge is -2.26. The summed E-state index contributed by atoms with van der Waals surface area (Å²) in [7, 11) is 1.44. The van der Waals surface area contributed by atoms with Gasteiger partial charge in [-0.25, -0.2) is 4.99 Å². The zero-order valence-corrected chi connectivity index (χ0v) is 18.4. The van der Waals surface area contributed by atoms with Crippen LogP contribution in [0.15, 0.2) is 29.3 Å². The number of aliphatic imine (C=N–C) groups is 1. The fourth-order valence-electron chi connectivity index (χ4n) is 4.22. The smallest absolute Gasteiger partial charge is 0.310 e. The summed E-state index contributed by atoms with van der Waals surface area (Å²) in [4.78, 5) is 33.5. The summed E-state index contributed by atoms with van der Waals surface area (Å²) in [6, 6.07) is 7.77. The van der Waals surface area contributed by atoms with Gasteiger partial charge < -0.3 is 19.9 Å². The third-order valence-electron chi connectivity index (χ3n) is 6.01. The molecule has 2 aliphatic rings. The Balaban J connectivity index is 1.63. The van der Waals surface area contributed by atoms with Crippen LogP contribution in [-0.2, 0) is 16.1 Å². The molecule has 0 aromatic heterocycles. The van der Waals surface area contributed by atoms with Crippen molar-refractivity contribution in [3.8, 4) is 0 Å². The van der Waals surface area contributed by atoms with E-state index in [2.05, 4.69) is 17.1 Å². The predicted molar refractivity (Wildman–Crippen MR) is 117 cm³/mol. The second kappa shape index (κ2) is 10.5. The first-order valence-electron chi connectivity index (χ1n) is 11.0. The number of hydrogen-bond donors (Lipinski definition) is 1. The Morgan fingerprint density at radius 1 is 1.10 bits per heavy atom. The van der Waals surface area contributed by atoms with E-state index in [-0.39, 0.29) is 23.7 Å². The van der Waals surface area contributed by atoms with Gasteiger partial charge in [0.05, 0.1) is 19.6 Å². The highest BCUT2D eigenvalue weighted by molar-refractivity contribution is 5.94. The third-order valence-corrected chi connectivity index (χ3v) is 6.01. The largest absolute Gasteiger partial charge is 0.469 e. The summed E-state index contributed by atoms with van der Waals surface area (Å²) in [5.74, 6) is 0.873. The molecule has 0 bridgehead atoms. The molecule has 2 unspecified atom stereocenters. The lowest BCUT2D eigenvalue weighted by Crippen LogP contribution is -2.40. The molecule has 0 saturated carbocycles. The van der Waals surface area contributed by atoms with Crippen LogP contribution in [0.5, 0.6) is 0 Å². The van der Waals surface area contributed by atoms with Crippen molar-refractivity contribution in [2.24, 2.45) is 16.8 Å². The summed E-state index contributed by atoms with van der Waals surface area (Å²) < 4.78 is 4.94. The van der Waals surface area contributed by atoms with E-state index >= 15 is 0 Å². The molecule has 0 radical (unpaired) electrons. The van der Waals surface area contributed by atoms with E-state index in [1.165, 1.54) is 13.5 Å². The third kappa shape index (κ3) is 5.32. The van der Waals surface area contributed by atoms with E-state index in [1.54, 1.807) is 0 Å². The Morgan fingerprint density at radius 3 is 2.43 bits per heavy atom. The first kappa shape index (κ1) is 22.1. The van der Waals surface area contributed by atoms with Gasteiger partial charge in [-0.3, -0.25) is 9.59 Å². The van der Waals surface area contributed by atoms with Gasteiger partial charge in [0.2, 0.25) is 0 Å². The van der Waals surface area contributed by atoms with Gasteiger partial charge in [0.25, 0.3) is 5.91 Å². The van der Waals surface area contributed by atoms with Gasteiger partial charge in [0, 0.05) is 38.3 Å². The van der Waals surface area contributed by atoms with Gasteiger partial charge in [-0.2, -0.15) is 0 Å². The molecule has 3 rings (SSSR count). The molecule has 2 heterocycles. The number of carbonyl (C=O) groups is 2. The van der Waals surface area contributed by atoms with Crippen LogP contribution in [0.4, 0.5) is 0 Å². The van der Waals surface area contributed by atoms with Gasteiger partial charge >= 0.3 is 5.97 Å². The maximum Gasteiger partial charge on any atom is 0.310 e. The van der Waals surface area contributed by atoms with Crippen molar-refractivity contribution in [2.45, 2.75) is 39.7 Å². The van der Waals surface area contributed by atoms with E-state index in [4.69, 9.17) is 9.73 Å². The molecule has 2 atom stereocenters. The average molecular weight is 415 g/mol. The molecule has 1 N–H and O–H groups in total. The van der Waals surface area contributed by atoms with E-state index in [9.17, 15) is 9.59 Å². The van der Waals surface area contributed by atoms with Crippen molar-refractivity contribution in [3.63, 3.8) is 0 Å². The molecule has 30 heavy (non-hydrogen) atoms. The molecule has 2 fully saturated rings. The number of benzene rings is 1. The minimum atomic E-state index is -0.158. The van der Waals surface area contributed by atoms with Crippen LogP contribution in [0.25, 0.3) is 0 Å². The summed E-state index contributed by atoms with van der Waals surface area (Å²) in [6.07, 6.45) is 3.40. The summed E-state index contributed by atoms with van der Waals surface area (Å²) in [5, 5.41) is 3.33. The second-order valence-electron chi connectivity index (χ2n) is 8.23. The van der Waals surface area contributed by atoms with Crippen LogP contribution in [0.1, 0.15) is 49.0 Å². The number of hydrogen-bond acceptors (Lipinski definition) is 4. The van der Waals surface area contributed by atoms with Crippen LogP contribution in [0.2, 0.25) is 0 Å². The SMILES string of the molecule is CCNC(=NCc1ccc(C(=O)N2CCCCC2)cc1)N1CC(C)C(C(=O)OC)C1. The first-order chi connectivity index (χ1) is 14.5. The molecule has 7 nitrogen and oxygen atoms in total. The molecule has 0 aliphatic carbocycles. The van der Waals surface area contributed by atoms with Crippen LogP contribution >= 0.6 is 0 Å². The van der Waals surface area contributed by atoms with Gasteiger partial charge in [0.1, 0.15) is 0 Å². The molecule has 1 aromatic carbocycles. The Morgan fingerprint density at radius 2 is 1.80 bits per heavy atom. The lowest BCUT2D eigenvalue weighted by atomic mass is 9.99. The Hall–Kier alpha value is -2.57. The Bertz CT molecular complexity index is 756. The number of guanidine groups is 1. The van der Waals surface area contributed by atoms with E-state index < -0.39 is 0 Å². The van der Waals surface area contributed by atoms with E-state index in [0.29, 0.717) is 13.1 Å². The van der Waals surface area contributed by atoms with Crippen molar-refractivity contribution in [1.82, 2.24) is 15.1 Å². The number of ether oxygens (including phenoxy) is 1.